The van der Waals surface area contributed by atoms with Gasteiger partial charge in [-0.2, -0.15) is 0 Å². The van der Waals surface area contributed by atoms with E-state index in [4.69, 9.17) is 13.3 Å². The molecule has 0 aliphatic heterocycles. The Balaban J connectivity index is 3.84. The third-order valence-electron chi connectivity index (χ3n) is 4.06. The van der Waals surface area contributed by atoms with Crippen LogP contribution < -0.4 is 0 Å². The molecule has 0 radical (unpaired) electrons. The molecule has 0 unspecified atom stereocenters. The van der Waals surface area contributed by atoms with Crippen molar-refractivity contribution in [2.45, 2.75) is 84.1 Å². The molecule has 0 fully saturated rings. The summed E-state index contributed by atoms with van der Waals surface area (Å²) in [5.41, 5.74) is 0.374. The molecule has 0 saturated heterocycles. The zero-order chi connectivity index (χ0) is 17.6. The smallest absolute Gasteiger partial charge is 0.470 e. The first kappa shape index (κ1) is 22.3. The van der Waals surface area contributed by atoms with Crippen LogP contribution in [0.15, 0.2) is 12.2 Å². The fourth-order valence-corrected chi connectivity index (χ4v) is 4.46. The van der Waals surface area contributed by atoms with Gasteiger partial charge in [-0.25, -0.2) is 4.79 Å². The first-order valence-corrected chi connectivity index (χ1v) is 10.9. The molecule has 0 N–H and O–H groups in total. The summed E-state index contributed by atoms with van der Waals surface area (Å²) in [5.74, 6) is -0.424. The summed E-state index contributed by atoms with van der Waals surface area (Å²) in [7, 11) is 0.237. The number of hydrogen-bond acceptors (Lipinski definition) is 4. The summed E-state index contributed by atoms with van der Waals surface area (Å²) in [5, 5.41) is 0. The first-order chi connectivity index (χ1) is 11.0. The molecule has 0 bridgehead atoms. The lowest BCUT2D eigenvalue weighted by Gasteiger charge is -2.25. The van der Waals surface area contributed by atoms with Gasteiger partial charge in [-0.3, -0.25) is 0 Å². The molecular formula is C18H36O4Si. The molecule has 0 aromatic heterocycles. The molecule has 0 aromatic rings. The maximum Gasteiger partial charge on any atom is 0.567 e. The van der Waals surface area contributed by atoms with Crippen molar-refractivity contribution in [3.05, 3.63) is 12.2 Å². The van der Waals surface area contributed by atoms with Crippen molar-refractivity contribution >= 4 is 14.8 Å². The summed E-state index contributed by atoms with van der Waals surface area (Å²) in [6.07, 6.45) is 12.7. The summed E-state index contributed by atoms with van der Waals surface area (Å²) in [6, 6.07) is 0.676. The van der Waals surface area contributed by atoms with Crippen molar-refractivity contribution in [3.63, 3.8) is 0 Å². The molecule has 4 nitrogen and oxygen atoms in total. The summed E-state index contributed by atoms with van der Waals surface area (Å²) in [6.45, 7) is 7.48. The second kappa shape index (κ2) is 13.8. The van der Waals surface area contributed by atoms with Crippen LogP contribution in [0.2, 0.25) is 6.04 Å². The quantitative estimate of drug-likeness (QED) is 0.231. The fraction of sp³-hybridized carbons (Fsp3) is 0.833. The lowest BCUT2D eigenvalue weighted by molar-refractivity contribution is -0.134. The molecule has 0 amide bonds. The standard InChI is InChI=1S/C18H36O4Si/c1-6-7-8-9-10-11-12-13-14-15-16-23(20-4,21-5)22-18(19)17(2)3/h2,6-16H2,1,3-5H3. The van der Waals surface area contributed by atoms with Gasteiger partial charge in [0.15, 0.2) is 0 Å². The number of carbonyl (C=O) groups is 1. The Kier molecular flexibility index (Phi) is 13.4. The Morgan fingerprint density at radius 1 is 0.870 bits per heavy atom. The first-order valence-electron chi connectivity index (χ1n) is 9.00. The topological polar surface area (TPSA) is 44.8 Å². The Morgan fingerprint density at radius 2 is 1.30 bits per heavy atom. The van der Waals surface area contributed by atoms with Crippen LogP contribution in [0.25, 0.3) is 0 Å². The van der Waals surface area contributed by atoms with Gasteiger partial charge < -0.3 is 13.3 Å². The number of unbranched alkanes of at least 4 members (excludes halogenated alkanes) is 9. The van der Waals surface area contributed by atoms with Crippen molar-refractivity contribution in [2.75, 3.05) is 14.2 Å². The van der Waals surface area contributed by atoms with Gasteiger partial charge in [0.2, 0.25) is 0 Å². The van der Waals surface area contributed by atoms with Crippen LogP contribution in [0.5, 0.6) is 0 Å². The highest BCUT2D eigenvalue weighted by molar-refractivity contribution is 6.62. The largest absolute Gasteiger partial charge is 0.567 e. The molecule has 136 valence electrons. The van der Waals surface area contributed by atoms with Gasteiger partial charge in [-0.1, -0.05) is 71.3 Å². The highest BCUT2D eigenvalue weighted by Gasteiger charge is 2.42. The maximum absolute atomic E-state index is 11.7. The molecule has 0 heterocycles. The van der Waals surface area contributed by atoms with E-state index < -0.39 is 14.8 Å². The lowest BCUT2D eigenvalue weighted by Crippen LogP contribution is -2.45. The van der Waals surface area contributed by atoms with E-state index in [1.54, 1.807) is 21.1 Å². The second-order valence-corrected chi connectivity index (χ2v) is 9.08. The number of carbonyl (C=O) groups excluding carboxylic acids is 1. The van der Waals surface area contributed by atoms with Gasteiger partial charge in [0, 0.05) is 25.8 Å². The molecule has 0 rings (SSSR count). The molecule has 0 aliphatic carbocycles. The van der Waals surface area contributed by atoms with Crippen molar-refractivity contribution in [2.24, 2.45) is 0 Å². The van der Waals surface area contributed by atoms with Gasteiger partial charge in [-0.05, 0) is 13.3 Å². The average molecular weight is 345 g/mol. The van der Waals surface area contributed by atoms with E-state index in [2.05, 4.69) is 13.5 Å². The van der Waals surface area contributed by atoms with Gasteiger partial charge in [0.05, 0.1) is 0 Å². The molecule has 0 spiro atoms. The number of rotatable bonds is 15. The van der Waals surface area contributed by atoms with E-state index >= 15 is 0 Å². The highest BCUT2D eigenvalue weighted by atomic mass is 28.4. The van der Waals surface area contributed by atoms with Crippen molar-refractivity contribution in [1.29, 1.82) is 0 Å². The molecule has 0 aliphatic rings. The minimum absolute atomic E-state index is 0.374. The second-order valence-electron chi connectivity index (χ2n) is 6.19. The molecule has 0 aromatic carbocycles. The van der Waals surface area contributed by atoms with Gasteiger partial charge in [0.1, 0.15) is 0 Å². The SMILES string of the molecule is C=C(C)C(=O)O[Si](CCCCCCCCCCCC)(OC)OC. The summed E-state index contributed by atoms with van der Waals surface area (Å²) >= 11 is 0. The third kappa shape index (κ3) is 10.7. The molecular weight excluding hydrogens is 308 g/mol. The normalized spacial score (nSPS) is 11.5. The monoisotopic (exact) mass is 344 g/mol. The summed E-state index contributed by atoms with van der Waals surface area (Å²) in [4.78, 5) is 11.7. The predicted octanol–water partition coefficient (Wildman–Crippen LogP) is 5.26. The molecule has 0 atom stereocenters. The molecule has 0 saturated carbocycles. The van der Waals surface area contributed by atoms with Crippen molar-refractivity contribution < 1.29 is 18.1 Å². The minimum Gasteiger partial charge on any atom is -0.470 e. The molecule has 23 heavy (non-hydrogen) atoms. The van der Waals surface area contributed by atoms with E-state index in [9.17, 15) is 4.79 Å². The Bertz CT molecular complexity index is 327. The Labute approximate surface area is 144 Å². The van der Waals surface area contributed by atoms with E-state index in [-0.39, 0.29) is 0 Å². The van der Waals surface area contributed by atoms with Gasteiger partial charge in [0.25, 0.3) is 0 Å². The molecule has 5 heteroatoms. The Hall–Kier alpha value is -0.653. The van der Waals surface area contributed by atoms with Gasteiger partial charge >= 0.3 is 14.8 Å². The van der Waals surface area contributed by atoms with Crippen LogP contribution in [-0.4, -0.2) is 29.0 Å². The van der Waals surface area contributed by atoms with Crippen molar-refractivity contribution in [1.82, 2.24) is 0 Å². The Morgan fingerprint density at radius 3 is 1.70 bits per heavy atom. The summed E-state index contributed by atoms with van der Waals surface area (Å²) < 4.78 is 16.3. The van der Waals surface area contributed by atoms with E-state index in [0.717, 1.165) is 12.8 Å². The van der Waals surface area contributed by atoms with Crippen LogP contribution in [0.4, 0.5) is 0 Å². The maximum atomic E-state index is 11.7. The van der Waals surface area contributed by atoms with Crippen molar-refractivity contribution in [3.8, 4) is 0 Å². The predicted molar refractivity (Wildman–Crippen MR) is 97.3 cm³/mol. The zero-order valence-corrected chi connectivity index (χ0v) is 16.6. The lowest BCUT2D eigenvalue weighted by atomic mass is 10.1. The van der Waals surface area contributed by atoms with E-state index in [0.29, 0.717) is 11.6 Å². The van der Waals surface area contributed by atoms with Crippen LogP contribution in [-0.2, 0) is 18.1 Å². The van der Waals surface area contributed by atoms with Crippen LogP contribution in [0.1, 0.15) is 78.1 Å². The van der Waals surface area contributed by atoms with E-state index in [1.807, 2.05) is 0 Å². The zero-order valence-electron chi connectivity index (χ0n) is 15.6. The fourth-order valence-electron chi connectivity index (χ4n) is 2.48. The number of hydrogen-bond donors (Lipinski definition) is 0. The van der Waals surface area contributed by atoms with Gasteiger partial charge in [-0.15, -0.1) is 0 Å². The van der Waals surface area contributed by atoms with Crippen LogP contribution in [0.3, 0.4) is 0 Å². The van der Waals surface area contributed by atoms with Crippen LogP contribution >= 0.6 is 0 Å². The highest BCUT2D eigenvalue weighted by Crippen LogP contribution is 2.20. The average Bonchev–Trinajstić information content (AvgIpc) is 2.55. The third-order valence-corrected chi connectivity index (χ3v) is 6.76. The minimum atomic E-state index is -2.87. The van der Waals surface area contributed by atoms with E-state index in [1.165, 1.54) is 51.4 Å². The van der Waals surface area contributed by atoms with Crippen LogP contribution in [0, 0.1) is 0 Å².